The summed E-state index contributed by atoms with van der Waals surface area (Å²) in [5.41, 5.74) is -0.252. The molecule has 1 aromatic carbocycles. The minimum atomic E-state index is -5.24. The minimum Gasteiger partial charge on any atom is -0.458 e. The van der Waals surface area contributed by atoms with Crippen molar-refractivity contribution in [1.82, 2.24) is 5.32 Å². The van der Waals surface area contributed by atoms with E-state index in [0.29, 0.717) is 0 Å². The molecule has 2 atom stereocenters. The fourth-order valence-corrected chi connectivity index (χ4v) is 2.51. The number of hydrogen-bond donors (Lipinski definition) is 1. The summed E-state index contributed by atoms with van der Waals surface area (Å²) < 4.78 is 43.2. The van der Waals surface area contributed by atoms with Gasteiger partial charge in [-0.1, -0.05) is 30.3 Å². The second kappa shape index (κ2) is 9.52. The fourth-order valence-electron chi connectivity index (χ4n) is 2.51. The fraction of sp³-hybridized carbons (Fsp3) is 0.556. The van der Waals surface area contributed by atoms with Crippen LogP contribution < -0.4 is 5.32 Å². The molecule has 1 rings (SSSR count). The van der Waals surface area contributed by atoms with E-state index in [9.17, 15) is 32.9 Å². The minimum absolute atomic E-state index is 0.00698. The van der Waals surface area contributed by atoms with Gasteiger partial charge in [0.25, 0.3) is 0 Å². The molecular formula is C18H23F3N2O5. The first-order valence-corrected chi connectivity index (χ1v) is 8.56. The molecule has 0 radical (unpaired) electrons. The Morgan fingerprint density at radius 2 is 1.75 bits per heavy atom. The third-order valence-corrected chi connectivity index (χ3v) is 3.71. The van der Waals surface area contributed by atoms with E-state index in [-0.39, 0.29) is 12.8 Å². The number of rotatable bonds is 8. The summed E-state index contributed by atoms with van der Waals surface area (Å²) in [5, 5.41) is 12.6. The molecule has 1 amide bonds. The molecule has 0 saturated heterocycles. The summed E-state index contributed by atoms with van der Waals surface area (Å²) >= 11 is 0. The zero-order valence-electron chi connectivity index (χ0n) is 15.8. The third kappa shape index (κ3) is 8.36. The van der Waals surface area contributed by atoms with E-state index >= 15 is 0 Å². The monoisotopic (exact) mass is 404 g/mol. The molecule has 28 heavy (non-hydrogen) atoms. The van der Waals surface area contributed by atoms with Crippen LogP contribution in [0.4, 0.5) is 13.2 Å². The molecule has 0 bridgehead atoms. The van der Waals surface area contributed by atoms with Gasteiger partial charge in [-0.3, -0.25) is 14.9 Å². The molecule has 7 nitrogen and oxygen atoms in total. The smallest absolute Gasteiger partial charge is 0.458 e. The third-order valence-electron chi connectivity index (χ3n) is 3.71. The summed E-state index contributed by atoms with van der Waals surface area (Å²) in [5.74, 6) is -4.68. The highest BCUT2D eigenvalue weighted by molar-refractivity contribution is 5.87. The highest BCUT2D eigenvalue weighted by Crippen LogP contribution is 2.21. The predicted octanol–water partition coefficient (Wildman–Crippen LogP) is 2.90. The number of benzene rings is 1. The van der Waals surface area contributed by atoms with Crippen molar-refractivity contribution < 1.29 is 32.4 Å². The van der Waals surface area contributed by atoms with Crippen LogP contribution in [-0.4, -0.2) is 41.2 Å². The number of nitrogens with one attached hydrogen (secondary N) is 1. The number of amides is 1. The second-order valence-corrected chi connectivity index (χ2v) is 7.28. The van der Waals surface area contributed by atoms with E-state index in [2.05, 4.69) is 0 Å². The molecule has 0 aromatic heterocycles. The highest BCUT2D eigenvalue weighted by atomic mass is 19.4. The average molecular weight is 404 g/mol. The Morgan fingerprint density at radius 1 is 1.18 bits per heavy atom. The Labute approximate surface area is 160 Å². The van der Waals surface area contributed by atoms with E-state index in [1.54, 1.807) is 35.6 Å². The molecule has 156 valence electrons. The number of carbonyl (C=O) groups is 2. The van der Waals surface area contributed by atoms with Crippen molar-refractivity contribution in [3.05, 3.63) is 46.0 Å². The summed E-state index contributed by atoms with van der Waals surface area (Å²) in [6.07, 6.45) is -4.95. The van der Waals surface area contributed by atoms with Gasteiger partial charge in [0, 0.05) is 4.92 Å². The lowest BCUT2D eigenvalue weighted by Gasteiger charge is -2.28. The predicted molar refractivity (Wildman–Crippen MR) is 93.9 cm³/mol. The molecule has 1 N–H and O–H groups in total. The topological polar surface area (TPSA) is 98.5 Å². The normalized spacial score (nSPS) is 14.1. The number of nitro groups is 1. The number of alkyl halides is 3. The number of ether oxygens (including phenoxy) is 1. The van der Waals surface area contributed by atoms with Crippen LogP contribution in [-0.2, 0) is 20.7 Å². The molecule has 0 aliphatic carbocycles. The van der Waals surface area contributed by atoms with Crippen molar-refractivity contribution in [2.75, 3.05) is 6.54 Å². The summed E-state index contributed by atoms with van der Waals surface area (Å²) in [7, 11) is 0. The first-order valence-electron chi connectivity index (χ1n) is 8.56. The van der Waals surface area contributed by atoms with Gasteiger partial charge in [-0.15, -0.1) is 0 Å². The number of hydrogen-bond acceptors (Lipinski definition) is 5. The van der Waals surface area contributed by atoms with Gasteiger partial charge >= 0.3 is 18.1 Å². The van der Waals surface area contributed by atoms with E-state index < -0.39 is 47.1 Å². The first kappa shape index (κ1) is 23.4. The lowest BCUT2D eigenvalue weighted by Crippen LogP contribution is -2.53. The van der Waals surface area contributed by atoms with Gasteiger partial charge in [-0.2, -0.15) is 13.2 Å². The van der Waals surface area contributed by atoms with Gasteiger partial charge in [0.1, 0.15) is 11.6 Å². The molecule has 0 fully saturated rings. The molecule has 0 heterocycles. The van der Waals surface area contributed by atoms with Crippen LogP contribution in [0.5, 0.6) is 0 Å². The summed E-state index contributed by atoms with van der Waals surface area (Å²) in [4.78, 5) is 34.1. The van der Waals surface area contributed by atoms with E-state index in [1.807, 2.05) is 0 Å². The van der Waals surface area contributed by atoms with Crippen LogP contribution >= 0.6 is 0 Å². The highest BCUT2D eigenvalue weighted by Gasteiger charge is 2.44. The largest absolute Gasteiger partial charge is 0.471 e. The Hall–Kier alpha value is -2.65. The number of nitrogens with zero attached hydrogens (tertiary/aromatic N) is 1. The van der Waals surface area contributed by atoms with E-state index in [1.165, 1.54) is 20.8 Å². The van der Waals surface area contributed by atoms with Gasteiger partial charge in [0.15, 0.2) is 0 Å². The Morgan fingerprint density at radius 3 is 2.21 bits per heavy atom. The van der Waals surface area contributed by atoms with E-state index in [0.717, 1.165) is 5.56 Å². The maximum absolute atomic E-state index is 12.7. The number of aryl methyl sites for hydroxylation is 1. The van der Waals surface area contributed by atoms with Crippen molar-refractivity contribution >= 4 is 11.9 Å². The first-order chi connectivity index (χ1) is 12.8. The SMILES string of the molecule is CC(C)(C)OC(=O)[C@@H](NC(=O)C(F)(F)F)[C@@H](CCc1ccccc1)C[N+](=O)[O-]. The van der Waals surface area contributed by atoms with Crippen LogP contribution in [0.3, 0.4) is 0 Å². The van der Waals surface area contributed by atoms with Crippen LogP contribution in [0.1, 0.15) is 32.8 Å². The zero-order chi connectivity index (χ0) is 21.5. The van der Waals surface area contributed by atoms with Crippen molar-refractivity contribution in [3.8, 4) is 0 Å². The number of carbonyl (C=O) groups excluding carboxylic acids is 2. The van der Waals surface area contributed by atoms with Gasteiger partial charge in [-0.25, -0.2) is 4.79 Å². The number of halogens is 3. The number of esters is 1. The maximum Gasteiger partial charge on any atom is 0.471 e. The molecule has 1 aromatic rings. The molecule has 0 aliphatic rings. The Kier molecular flexibility index (Phi) is 7.95. The van der Waals surface area contributed by atoms with Crippen molar-refractivity contribution in [1.29, 1.82) is 0 Å². The summed E-state index contributed by atoms with van der Waals surface area (Å²) in [6.45, 7) is 3.70. The van der Waals surface area contributed by atoms with Crippen molar-refractivity contribution in [3.63, 3.8) is 0 Å². The Bertz CT molecular complexity index is 687. The summed E-state index contributed by atoms with van der Waals surface area (Å²) in [6, 6.07) is 6.95. The van der Waals surface area contributed by atoms with E-state index in [4.69, 9.17) is 4.74 Å². The average Bonchev–Trinajstić information content (AvgIpc) is 2.54. The van der Waals surface area contributed by atoms with Crippen molar-refractivity contribution in [2.45, 2.75) is 51.4 Å². The lowest BCUT2D eigenvalue weighted by molar-refractivity contribution is -0.488. The molecule has 0 saturated carbocycles. The van der Waals surface area contributed by atoms with Crippen molar-refractivity contribution in [2.24, 2.45) is 5.92 Å². The maximum atomic E-state index is 12.7. The van der Waals surface area contributed by atoms with Crippen LogP contribution in [0.2, 0.25) is 0 Å². The lowest BCUT2D eigenvalue weighted by atomic mass is 9.92. The van der Waals surface area contributed by atoms with Gasteiger partial charge in [0.2, 0.25) is 6.54 Å². The zero-order valence-corrected chi connectivity index (χ0v) is 15.8. The van der Waals surface area contributed by atoms with Gasteiger partial charge < -0.3 is 10.1 Å². The van der Waals surface area contributed by atoms with Crippen LogP contribution in [0.25, 0.3) is 0 Å². The molecule has 0 unspecified atom stereocenters. The Balaban J connectivity index is 3.10. The van der Waals surface area contributed by atoms with Gasteiger partial charge in [0.05, 0.1) is 5.92 Å². The molecule has 10 heteroatoms. The van der Waals surface area contributed by atoms with Crippen LogP contribution in [0, 0.1) is 16.0 Å². The quantitative estimate of drug-likeness (QED) is 0.408. The second-order valence-electron chi connectivity index (χ2n) is 7.28. The molecular weight excluding hydrogens is 381 g/mol. The standard InChI is InChI=1S/C18H23F3N2O5/c1-17(2,3)28-15(24)14(22-16(25)18(19,20)21)13(11-23(26)27)10-9-12-7-5-4-6-8-12/h4-8,13-14H,9-11H2,1-3H3,(H,22,25)/t13-,14-/m0/s1. The van der Waals surface area contributed by atoms with Gasteiger partial charge in [-0.05, 0) is 39.2 Å². The molecule has 0 aliphatic heterocycles. The molecule has 0 spiro atoms. The van der Waals surface area contributed by atoms with Crippen LogP contribution in [0.15, 0.2) is 30.3 Å².